The first-order valence-corrected chi connectivity index (χ1v) is 8.59. The first-order chi connectivity index (χ1) is 9.79. The number of nitrogens with two attached hydrogens (primary N) is 1. The number of sulfonamides is 1. The lowest BCUT2D eigenvalue weighted by Crippen LogP contribution is -2.15. The first-order valence-electron chi connectivity index (χ1n) is 5.53. The number of aromatic nitrogens is 1. The number of anilines is 1. The van der Waals surface area contributed by atoms with Gasteiger partial charge < -0.3 is 5.73 Å². The number of nitrogens with one attached hydrogen (secondary N) is 1. The van der Waals surface area contributed by atoms with Crippen molar-refractivity contribution in [3.63, 3.8) is 0 Å². The standard InChI is InChI=1S/C12H9BrClN3O2S2/c13-7-1-3-10(9(14)5-7)17-21(18,19)8-2-4-11(12(15)20)16-6-8/h1-6,17H,(H2,15,20). The van der Waals surface area contributed by atoms with Gasteiger partial charge in [0.25, 0.3) is 10.0 Å². The maximum Gasteiger partial charge on any atom is 0.263 e. The lowest BCUT2D eigenvalue weighted by Gasteiger charge is -2.10. The maximum atomic E-state index is 12.2. The summed E-state index contributed by atoms with van der Waals surface area (Å²) in [5, 5.41) is 0.278. The Morgan fingerprint density at radius 1 is 1.33 bits per heavy atom. The zero-order chi connectivity index (χ0) is 15.6. The molecule has 1 aromatic heterocycles. The molecule has 0 aliphatic carbocycles. The number of nitrogens with zero attached hydrogens (tertiary/aromatic N) is 1. The molecule has 0 spiro atoms. The number of hydrogen-bond donors (Lipinski definition) is 2. The monoisotopic (exact) mass is 405 g/mol. The fraction of sp³-hybridized carbons (Fsp3) is 0. The fourth-order valence-electron chi connectivity index (χ4n) is 1.46. The van der Waals surface area contributed by atoms with Crippen LogP contribution in [0, 0.1) is 0 Å². The van der Waals surface area contributed by atoms with Crippen LogP contribution in [0.5, 0.6) is 0 Å². The van der Waals surface area contributed by atoms with Gasteiger partial charge in [0, 0.05) is 10.7 Å². The number of benzene rings is 1. The SMILES string of the molecule is NC(=S)c1ccc(S(=O)(=O)Nc2ccc(Br)cc2Cl)cn1. The van der Waals surface area contributed by atoms with Crippen molar-refractivity contribution < 1.29 is 8.42 Å². The molecule has 0 radical (unpaired) electrons. The molecule has 0 fully saturated rings. The maximum absolute atomic E-state index is 12.2. The van der Waals surface area contributed by atoms with Gasteiger partial charge in [-0.25, -0.2) is 8.42 Å². The Hall–Kier alpha value is -1.22. The molecule has 110 valence electrons. The second kappa shape index (κ2) is 6.27. The van der Waals surface area contributed by atoms with Crippen LogP contribution in [0.15, 0.2) is 45.9 Å². The van der Waals surface area contributed by atoms with E-state index in [1.54, 1.807) is 18.2 Å². The highest BCUT2D eigenvalue weighted by molar-refractivity contribution is 9.10. The Labute approximate surface area is 140 Å². The average molecular weight is 407 g/mol. The van der Waals surface area contributed by atoms with Gasteiger partial charge in [0.15, 0.2) is 0 Å². The summed E-state index contributed by atoms with van der Waals surface area (Å²) >= 11 is 14.0. The van der Waals surface area contributed by atoms with Crippen LogP contribution in [-0.2, 0) is 10.0 Å². The molecule has 2 aromatic rings. The van der Waals surface area contributed by atoms with Crippen molar-refractivity contribution in [1.82, 2.24) is 4.98 Å². The zero-order valence-corrected chi connectivity index (χ0v) is 14.4. The highest BCUT2D eigenvalue weighted by atomic mass is 79.9. The predicted molar refractivity (Wildman–Crippen MR) is 90.1 cm³/mol. The van der Waals surface area contributed by atoms with Crippen LogP contribution in [0.1, 0.15) is 5.69 Å². The van der Waals surface area contributed by atoms with Crippen LogP contribution < -0.4 is 10.5 Å². The molecule has 3 N–H and O–H groups in total. The largest absolute Gasteiger partial charge is 0.388 e. The minimum Gasteiger partial charge on any atom is -0.388 e. The zero-order valence-electron chi connectivity index (χ0n) is 10.4. The normalized spacial score (nSPS) is 11.1. The van der Waals surface area contributed by atoms with E-state index >= 15 is 0 Å². The third-order valence-corrected chi connectivity index (χ3v) is 4.84. The van der Waals surface area contributed by atoms with Crippen molar-refractivity contribution >= 4 is 60.4 Å². The van der Waals surface area contributed by atoms with Crippen LogP contribution >= 0.6 is 39.7 Å². The molecule has 0 saturated heterocycles. The molecular weight excluding hydrogens is 398 g/mol. The van der Waals surface area contributed by atoms with Gasteiger partial charge in [0.05, 0.1) is 16.4 Å². The summed E-state index contributed by atoms with van der Waals surface area (Å²) in [6.07, 6.45) is 1.18. The first kappa shape index (κ1) is 16.2. The number of halogens is 2. The lowest BCUT2D eigenvalue weighted by atomic mass is 10.3. The molecule has 1 heterocycles. The summed E-state index contributed by atoms with van der Waals surface area (Å²) in [7, 11) is -3.79. The second-order valence-corrected chi connectivity index (χ2v) is 7.42. The van der Waals surface area contributed by atoms with Crippen LogP contribution in [0.3, 0.4) is 0 Å². The third-order valence-electron chi connectivity index (χ3n) is 2.47. The molecule has 9 heteroatoms. The Morgan fingerprint density at radius 3 is 2.57 bits per heavy atom. The van der Waals surface area contributed by atoms with E-state index in [4.69, 9.17) is 29.6 Å². The second-order valence-electron chi connectivity index (χ2n) is 3.97. The molecule has 0 unspecified atom stereocenters. The van der Waals surface area contributed by atoms with Crippen LogP contribution in [0.4, 0.5) is 5.69 Å². The Balaban J connectivity index is 2.31. The van der Waals surface area contributed by atoms with Crippen molar-refractivity contribution in [3.05, 3.63) is 51.7 Å². The van der Waals surface area contributed by atoms with E-state index in [0.717, 1.165) is 4.47 Å². The van der Waals surface area contributed by atoms with Gasteiger partial charge in [0.2, 0.25) is 0 Å². The van der Waals surface area contributed by atoms with Crippen molar-refractivity contribution in [2.24, 2.45) is 5.73 Å². The Kier molecular flexibility index (Phi) is 4.82. The van der Waals surface area contributed by atoms with Crippen molar-refractivity contribution in [1.29, 1.82) is 0 Å². The van der Waals surface area contributed by atoms with E-state index < -0.39 is 10.0 Å². The molecule has 5 nitrogen and oxygen atoms in total. The summed E-state index contributed by atoms with van der Waals surface area (Å²) < 4.78 is 27.6. The minimum absolute atomic E-state index is 0.0125. The molecule has 2 rings (SSSR count). The van der Waals surface area contributed by atoms with Crippen LogP contribution in [0.2, 0.25) is 5.02 Å². The summed E-state index contributed by atoms with van der Waals surface area (Å²) in [6.45, 7) is 0. The van der Waals surface area contributed by atoms with Gasteiger partial charge >= 0.3 is 0 Å². The highest BCUT2D eigenvalue weighted by Gasteiger charge is 2.16. The van der Waals surface area contributed by atoms with E-state index in [0.29, 0.717) is 5.69 Å². The Morgan fingerprint density at radius 2 is 2.05 bits per heavy atom. The van der Waals surface area contributed by atoms with Gasteiger partial charge in [-0.1, -0.05) is 39.7 Å². The molecular formula is C12H9BrClN3O2S2. The summed E-state index contributed by atoms with van der Waals surface area (Å²) in [6, 6.07) is 7.64. The summed E-state index contributed by atoms with van der Waals surface area (Å²) in [5.74, 6) is 0. The quantitative estimate of drug-likeness (QED) is 0.763. The molecule has 21 heavy (non-hydrogen) atoms. The summed E-state index contributed by atoms with van der Waals surface area (Å²) in [5.41, 5.74) is 6.04. The van der Waals surface area contributed by atoms with Gasteiger partial charge in [-0.05, 0) is 30.3 Å². The van der Waals surface area contributed by atoms with Crippen LogP contribution in [0.25, 0.3) is 0 Å². The van der Waals surface area contributed by atoms with Crippen molar-refractivity contribution in [2.45, 2.75) is 4.90 Å². The highest BCUT2D eigenvalue weighted by Crippen LogP contribution is 2.27. The molecule has 0 aliphatic heterocycles. The molecule has 1 aromatic carbocycles. The van der Waals surface area contributed by atoms with Gasteiger partial charge in [0.1, 0.15) is 9.88 Å². The summed E-state index contributed by atoms with van der Waals surface area (Å²) in [4.78, 5) is 3.98. The van der Waals surface area contributed by atoms with E-state index in [2.05, 4.69) is 25.6 Å². The average Bonchev–Trinajstić information content (AvgIpc) is 2.42. The molecule has 0 aliphatic rings. The molecule has 0 saturated carbocycles. The topological polar surface area (TPSA) is 85.1 Å². The Bertz CT molecular complexity index is 795. The van der Waals surface area contributed by atoms with E-state index in [1.165, 1.54) is 18.3 Å². The van der Waals surface area contributed by atoms with Gasteiger partial charge in [-0.15, -0.1) is 0 Å². The van der Waals surface area contributed by atoms with E-state index in [9.17, 15) is 8.42 Å². The van der Waals surface area contributed by atoms with E-state index in [-0.39, 0.29) is 20.6 Å². The minimum atomic E-state index is -3.79. The van der Waals surface area contributed by atoms with Crippen molar-refractivity contribution in [2.75, 3.05) is 4.72 Å². The van der Waals surface area contributed by atoms with Gasteiger partial charge in [-0.3, -0.25) is 9.71 Å². The number of pyridine rings is 1. The van der Waals surface area contributed by atoms with Crippen LogP contribution in [-0.4, -0.2) is 18.4 Å². The fourth-order valence-corrected chi connectivity index (χ4v) is 3.38. The molecule has 0 bridgehead atoms. The molecule has 0 amide bonds. The number of hydrogen-bond acceptors (Lipinski definition) is 4. The molecule has 0 atom stereocenters. The van der Waals surface area contributed by atoms with Crippen molar-refractivity contribution in [3.8, 4) is 0 Å². The smallest absolute Gasteiger partial charge is 0.263 e. The van der Waals surface area contributed by atoms with E-state index in [1.807, 2.05) is 0 Å². The lowest BCUT2D eigenvalue weighted by molar-refractivity contribution is 0.601. The predicted octanol–water partition coefficient (Wildman–Crippen LogP) is 2.93. The third kappa shape index (κ3) is 3.91. The number of rotatable bonds is 4. The number of thiocarbonyl (C=S) groups is 1. The van der Waals surface area contributed by atoms with Gasteiger partial charge in [-0.2, -0.15) is 0 Å².